The third-order valence-corrected chi connectivity index (χ3v) is 6.03. The quantitative estimate of drug-likeness (QED) is 0.685. The standard InChI is InChI=1S/C9H19N.C2F6NO4S2/c1-3-4-6-10-7-5-9(2)8-10;3-1(4,5)14(10,11)9-15(12,13)2(6,7)8/h9H,3-8H2,1-2H3;/q;-1/p+1. The third kappa shape index (κ3) is 8.09. The molecule has 1 heterocycles. The zero-order valence-corrected chi connectivity index (χ0v) is 15.1. The van der Waals surface area contributed by atoms with Gasteiger partial charge in [0.25, 0.3) is 0 Å². The summed E-state index contributed by atoms with van der Waals surface area (Å²) in [7, 11) is -13.4. The van der Waals surface area contributed by atoms with Crippen LogP contribution in [0.3, 0.4) is 0 Å². The summed E-state index contributed by atoms with van der Waals surface area (Å²) in [6.45, 7) is 8.93. The van der Waals surface area contributed by atoms with Crippen LogP contribution in [0.1, 0.15) is 33.1 Å². The van der Waals surface area contributed by atoms with Gasteiger partial charge in [-0.3, -0.25) is 0 Å². The molecule has 1 aliphatic heterocycles. The van der Waals surface area contributed by atoms with Crippen molar-refractivity contribution in [3.63, 3.8) is 0 Å². The molecule has 14 heteroatoms. The molecule has 25 heavy (non-hydrogen) atoms. The van der Waals surface area contributed by atoms with Crippen LogP contribution in [0.2, 0.25) is 0 Å². The number of hydrogen-bond donors (Lipinski definition) is 1. The fourth-order valence-corrected chi connectivity index (χ4v) is 3.72. The molecule has 0 saturated carbocycles. The van der Waals surface area contributed by atoms with E-state index < -0.39 is 31.1 Å². The monoisotopic (exact) mass is 422 g/mol. The van der Waals surface area contributed by atoms with Gasteiger partial charge in [-0.15, -0.1) is 0 Å². The molecule has 0 spiro atoms. The van der Waals surface area contributed by atoms with E-state index in [1.165, 1.54) is 38.9 Å². The summed E-state index contributed by atoms with van der Waals surface area (Å²) in [6.07, 6.45) is 4.24. The molecule has 2 unspecified atom stereocenters. The fraction of sp³-hybridized carbons (Fsp3) is 1.00. The summed E-state index contributed by atoms with van der Waals surface area (Å²) in [5, 5.41) is 0. The number of unbranched alkanes of at least 4 members (excludes halogenated alkanes) is 1. The lowest BCUT2D eigenvalue weighted by Gasteiger charge is -2.22. The van der Waals surface area contributed by atoms with E-state index >= 15 is 0 Å². The third-order valence-electron chi connectivity index (χ3n) is 3.29. The van der Waals surface area contributed by atoms with Crippen molar-refractivity contribution in [2.24, 2.45) is 5.92 Å². The second-order valence-corrected chi connectivity index (χ2v) is 9.04. The number of nitrogens with zero attached hydrogens (tertiary/aromatic N) is 1. The van der Waals surface area contributed by atoms with Gasteiger partial charge >= 0.3 is 11.0 Å². The number of halogens is 6. The summed E-state index contributed by atoms with van der Waals surface area (Å²) in [4.78, 5) is 1.84. The molecule has 0 aliphatic carbocycles. The van der Waals surface area contributed by atoms with Crippen LogP contribution in [0.4, 0.5) is 26.3 Å². The Bertz CT molecular complexity index is 573. The van der Waals surface area contributed by atoms with E-state index in [9.17, 15) is 43.2 Å². The van der Waals surface area contributed by atoms with Gasteiger partial charge in [0.05, 0.1) is 19.6 Å². The van der Waals surface area contributed by atoms with Crippen LogP contribution >= 0.6 is 0 Å². The molecule has 1 saturated heterocycles. The molecule has 1 aliphatic rings. The Labute approximate surface area is 142 Å². The van der Waals surface area contributed by atoms with Crippen molar-refractivity contribution < 1.29 is 48.1 Å². The van der Waals surface area contributed by atoms with Crippen molar-refractivity contribution in [2.75, 3.05) is 19.6 Å². The molecule has 6 nitrogen and oxygen atoms in total. The highest BCUT2D eigenvalue weighted by Gasteiger charge is 2.46. The lowest BCUT2D eigenvalue weighted by atomic mass is 10.2. The normalized spacial score (nSPS) is 22.4. The predicted molar refractivity (Wildman–Crippen MR) is 77.6 cm³/mol. The van der Waals surface area contributed by atoms with Crippen LogP contribution < -0.4 is 4.90 Å². The van der Waals surface area contributed by atoms with Crippen LogP contribution in [-0.4, -0.2) is 47.5 Å². The number of hydrogen-bond acceptors (Lipinski definition) is 4. The zero-order valence-electron chi connectivity index (χ0n) is 13.5. The van der Waals surface area contributed by atoms with E-state index in [0.29, 0.717) is 0 Å². The van der Waals surface area contributed by atoms with Crippen molar-refractivity contribution in [2.45, 2.75) is 44.1 Å². The maximum absolute atomic E-state index is 11.4. The molecule has 0 aromatic rings. The Morgan fingerprint density at radius 3 is 1.72 bits per heavy atom. The number of nitrogens with one attached hydrogen (secondary N) is 1. The van der Waals surface area contributed by atoms with Gasteiger partial charge in [0.1, 0.15) is 0 Å². The van der Waals surface area contributed by atoms with Gasteiger partial charge in [0.2, 0.25) is 0 Å². The molecular formula is C11H20F6N2O4S2. The SMILES string of the molecule is CCCC[NH+]1CCC(C)C1.O=S(=O)([N-]S(=O)(=O)C(F)(F)F)C(F)(F)F. The Hall–Kier alpha value is -0.600. The predicted octanol–water partition coefficient (Wildman–Crippen LogP) is 1.77. The van der Waals surface area contributed by atoms with Crippen molar-refractivity contribution in [3.8, 4) is 0 Å². The molecule has 0 radical (unpaired) electrons. The lowest BCUT2D eigenvalue weighted by Crippen LogP contribution is -3.10. The van der Waals surface area contributed by atoms with E-state index in [-0.39, 0.29) is 0 Å². The van der Waals surface area contributed by atoms with Gasteiger partial charge in [-0.25, -0.2) is 16.8 Å². The number of quaternary nitrogens is 1. The van der Waals surface area contributed by atoms with E-state index in [2.05, 4.69) is 13.8 Å². The molecule has 152 valence electrons. The minimum absolute atomic E-state index is 0.778. The average Bonchev–Trinajstić information content (AvgIpc) is 2.79. The number of likely N-dealkylation sites (tertiary alicyclic amines) is 1. The Kier molecular flexibility index (Phi) is 8.65. The fourth-order valence-electron chi connectivity index (χ4n) is 2.01. The highest BCUT2D eigenvalue weighted by atomic mass is 32.3. The summed E-state index contributed by atoms with van der Waals surface area (Å²) in [6, 6.07) is 0. The highest BCUT2D eigenvalue weighted by Crippen LogP contribution is 2.36. The van der Waals surface area contributed by atoms with Gasteiger partial charge in [-0.2, -0.15) is 26.3 Å². The first-order valence-corrected chi connectivity index (χ1v) is 10.1. The lowest BCUT2D eigenvalue weighted by molar-refractivity contribution is -0.889. The molecule has 1 N–H and O–H groups in total. The number of alkyl halides is 6. The molecule has 2 atom stereocenters. The van der Waals surface area contributed by atoms with Gasteiger partial charge in [-0.1, -0.05) is 20.3 Å². The average molecular weight is 422 g/mol. The van der Waals surface area contributed by atoms with Gasteiger partial charge in [0, 0.05) is 12.3 Å². The Morgan fingerprint density at radius 1 is 1.00 bits per heavy atom. The second-order valence-electron chi connectivity index (χ2n) is 5.62. The molecule has 0 aromatic heterocycles. The minimum Gasteiger partial charge on any atom is -0.421 e. The minimum atomic E-state index is -6.72. The summed E-state index contributed by atoms with van der Waals surface area (Å²) < 4.78 is 109. The first-order valence-electron chi connectivity index (χ1n) is 7.24. The summed E-state index contributed by atoms with van der Waals surface area (Å²) in [5.41, 5.74) is -12.4. The Balaban J connectivity index is 0.000000496. The number of rotatable bonds is 5. The van der Waals surface area contributed by atoms with Gasteiger partial charge in [-0.05, 0) is 6.42 Å². The van der Waals surface area contributed by atoms with Gasteiger partial charge in [0.15, 0.2) is 20.0 Å². The van der Waals surface area contributed by atoms with Crippen LogP contribution in [-0.2, 0) is 20.0 Å². The number of sulfonamides is 2. The van der Waals surface area contributed by atoms with Crippen molar-refractivity contribution in [3.05, 3.63) is 4.13 Å². The van der Waals surface area contributed by atoms with E-state index in [0.717, 1.165) is 10.0 Å². The van der Waals surface area contributed by atoms with Crippen molar-refractivity contribution in [1.29, 1.82) is 0 Å². The topological polar surface area (TPSA) is 86.8 Å². The largest absolute Gasteiger partial charge is 0.480 e. The van der Waals surface area contributed by atoms with Crippen LogP contribution in [0, 0.1) is 5.92 Å². The second kappa shape index (κ2) is 8.86. The Morgan fingerprint density at radius 2 is 1.44 bits per heavy atom. The molecule has 0 amide bonds. The molecule has 1 rings (SSSR count). The highest BCUT2D eigenvalue weighted by molar-refractivity contribution is 8.13. The zero-order chi connectivity index (χ0) is 20.1. The molecule has 0 bridgehead atoms. The van der Waals surface area contributed by atoms with Crippen LogP contribution in [0.5, 0.6) is 0 Å². The van der Waals surface area contributed by atoms with E-state index in [4.69, 9.17) is 0 Å². The van der Waals surface area contributed by atoms with Crippen LogP contribution in [0.25, 0.3) is 4.13 Å². The maximum Gasteiger partial charge on any atom is 0.480 e. The summed E-state index contributed by atoms with van der Waals surface area (Å²) in [5.74, 6) is 0.992. The van der Waals surface area contributed by atoms with Gasteiger partial charge < -0.3 is 9.03 Å². The summed E-state index contributed by atoms with van der Waals surface area (Å²) >= 11 is 0. The first kappa shape index (κ1) is 24.4. The molecule has 0 aromatic carbocycles. The van der Waals surface area contributed by atoms with Crippen LogP contribution in [0.15, 0.2) is 0 Å². The molecular weight excluding hydrogens is 402 g/mol. The van der Waals surface area contributed by atoms with E-state index in [1.54, 1.807) is 0 Å². The first-order chi connectivity index (χ1) is 11.0. The smallest absolute Gasteiger partial charge is 0.421 e. The van der Waals surface area contributed by atoms with Crippen molar-refractivity contribution >= 4 is 20.0 Å². The van der Waals surface area contributed by atoms with E-state index in [1.807, 2.05) is 4.90 Å². The molecule has 1 fully saturated rings. The maximum atomic E-state index is 11.4. The van der Waals surface area contributed by atoms with Crippen molar-refractivity contribution in [1.82, 2.24) is 0 Å².